The van der Waals surface area contributed by atoms with Gasteiger partial charge in [0.25, 0.3) is 5.91 Å². The number of anilines is 1. The smallest absolute Gasteiger partial charge is 0.282 e. The minimum atomic E-state index is -3.52. The summed E-state index contributed by atoms with van der Waals surface area (Å²) in [6.45, 7) is 6.57. The lowest BCUT2D eigenvalue weighted by Gasteiger charge is -2.56. The maximum Gasteiger partial charge on any atom is 0.282 e. The van der Waals surface area contributed by atoms with Crippen molar-refractivity contribution >= 4 is 21.6 Å². The van der Waals surface area contributed by atoms with Crippen molar-refractivity contribution in [3.05, 3.63) is 24.3 Å². The molecule has 4 aliphatic carbocycles. The first-order valence-corrected chi connectivity index (χ1v) is 12.9. The van der Waals surface area contributed by atoms with E-state index >= 15 is 0 Å². The molecule has 1 aromatic carbocycles. The molecule has 4 bridgehead atoms. The lowest BCUT2D eigenvalue weighted by molar-refractivity contribution is -0.686. The van der Waals surface area contributed by atoms with E-state index in [4.69, 9.17) is 0 Å². The molecule has 0 aliphatic heterocycles. The molecule has 5 rings (SSSR count). The number of nitrogens with two attached hydrogens (primary N) is 1. The van der Waals surface area contributed by atoms with E-state index in [0.29, 0.717) is 11.1 Å². The third-order valence-electron chi connectivity index (χ3n) is 7.31. The lowest BCUT2D eigenvalue weighted by Crippen LogP contribution is -2.94. The normalized spacial score (nSPS) is 31.1. The maximum absolute atomic E-state index is 12.7. The minimum absolute atomic E-state index is 0.0318. The summed E-state index contributed by atoms with van der Waals surface area (Å²) in [5.74, 6) is 2.74. The zero-order valence-corrected chi connectivity index (χ0v) is 19.2. The van der Waals surface area contributed by atoms with Gasteiger partial charge in [-0.3, -0.25) is 4.79 Å². The number of sulfonamides is 1. The summed E-state index contributed by atoms with van der Waals surface area (Å²) in [7, 11) is -3.52. The Bertz CT molecular complexity index is 844. The van der Waals surface area contributed by atoms with E-state index in [2.05, 4.69) is 15.4 Å². The first kappa shape index (κ1) is 21.8. The molecule has 30 heavy (non-hydrogen) atoms. The summed E-state index contributed by atoms with van der Waals surface area (Å²) in [5, 5.41) is 5.15. The zero-order valence-electron chi connectivity index (χ0n) is 18.4. The van der Waals surface area contributed by atoms with Gasteiger partial charge in [-0.2, -0.15) is 0 Å². The van der Waals surface area contributed by atoms with Crippen LogP contribution in [0.1, 0.15) is 59.3 Å². The molecule has 4 fully saturated rings. The first-order chi connectivity index (χ1) is 14.1. The van der Waals surface area contributed by atoms with E-state index in [9.17, 15) is 13.2 Å². The van der Waals surface area contributed by atoms with Gasteiger partial charge in [0.15, 0.2) is 6.04 Å². The fraction of sp³-hybridized carbons (Fsp3) is 0.696. The Hall–Kier alpha value is -1.44. The first-order valence-electron chi connectivity index (χ1n) is 11.4. The minimum Gasteiger partial charge on any atom is -0.336 e. The van der Waals surface area contributed by atoms with Crippen LogP contribution in [0.5, 0.6) is 0 Å². The van der Waals surface area contributed by atoms with Crippen LogP contribution in [0.4, 0.5) is 5.69 Å². The van der Waals surface area contributed by atoms with Crippen LogP contribution in [0.25, 0.3) is 0 Å². The number of carbonyl (C=O) groups excluding carboxylic acids is 1. The Morgan fingerprint density at radius 2 is 1.57 bits per heavy atom. The van der Waals surface area contributed by atoms with Gasteiger partial charge in [0.1, 0.15) is 0 Å². The molecule has 0 spiro atoms. The number of quaternary nitrogens is 1. The third-order valence-corrected chi connectivity index (χ3v) is 8.98. The van der Waals surface area contributed by atoms with Crippen molar-refractivity contribution in [1.82, 2.24) is 4.72 Å². The Labute approximate surface area is 180 Å². The molecule has 166 valence electrons. The van der Waals surface area contributed by atoms with Crippen LogP contribution in [0.2, 0.25) is 0 Å². The molecule has 7 heteroatoms. The number of hydrogen-bond acceptors (Lipinski definition) is 3. The van der Waals surface area contributed by atoms with Crippen molar-refractivity contribution in [1.29, 1.82) is 0 Å². The second-order valence-electron chi connectivity index (χ2n) is 10.4. The average molecular weight is 435 g/mol. The van der Waals surface area contributed by atoms with E-state index < -0.39 is 10.0 Å². The number of hydrogen-bond donors (Lipinski definition) is 3. The molecule has 0 unspecified atom stereocenters. The predicted octanol–water partition coefficient (Wildman–Crippen LogP) is 2.48. The van der Waals surface area contributed by atoms with Crippen LogP contribution in [-0.2, 0) is 14.8 Å². The third kappa shape index (κ3) is 4.73. The quantitative estimate of drug-likeness (QED) is 0.587. The van der Waals surface area contributed by atoms with Crippen LogP contribution < -0.4 is 15.4 Å². The number of benzene rings is 1. The van der Waals surface area contributed by atoms with Crippen molar-refractivity contribution < 1.29 is 18.5 Å². The molecule has 0 aromatic heterocycles. The molecular formula is C23H36N3O3S+. The van der Waals surface area contributed by atoms with Crippen LogP contribution in [0, 0.1) is 23.2 Å². The van der Waals surface area contributed by atoms with Gasteiger partial charge < -0.3 is 10.6 Å². The molecule has 0 saturated heterocycles. The lowest BCUT2D eigenvalue weighted by atomic mass is 9.49. The predicted molar refractivity (Wildman–Crippen MR) is 117 cm³/mol. The average Bonchev–Trinajstić information content (AvgIpc) is 2.64. The second kappa shape index (κ2) is 8.24. The SMILES string of the molecule is CC(C)NS(=O)(=O)c1ccc(NC(=O)[C@@H](C)[NH2+]CC23CC4CC(CC(C4)C2)C3)cc1. The van der Waals surface area contributed by atoms with Crippen molar-refractivity contribution in [3.8, 4) is 0 Å². The molecule has 6 nitrogen and oxygen atoms in total. The second-order valence-corrected chi connectivity index (χ2v) is 12.1. The van der Waals surface area contributed by atoms with Crippen molar-refractivity contribution in [2.45, 2.75) is 76.3 Å². The molecule has 1 atom stereocenters. The Balaban J connectivity index is 1.31. The maximum atomic E-state index is 12.7. The standard InChI is InChI=1S/C23H35N3O3S/c1-15(2)26-30(28,29)21-6-4-20(5-7-21)25-22(27)16(3)24-14-23-11-17-8-18(12-23)10-19(9-17)13-23/h4-7,15-19,24,26H,8-14H2,1-3H3,(H,25,27)/p+1/t16-,17?,18?,19?,23?/m1/s1. The number of carbonyl (C=O) groups is 1. The van der Waals surface area contributed by atoms with Gasteiger partial charge in [0.05, 0.1) is 11.4 Å². The molecule has 4 aliphatic rings. The van der Waals surface area contributed by atoms with Crippen LogP contribution in [-0.4, -0.2) is 33.0 Å². The highest BCUT2D eigenvalue weighted by Gasteiger charge is 2.51. The summed E-state index contributed by atoms with van der Waals surface area (Å²) in [5.41, 5.74) is 1.07. The molecule has 1 aromatic rings. The zero-order chi connectivity index (χ0) is 21.5. The van der Waals surface area contributed by atoms with Crippen molar-refractivity contribution in [2.24, 2.45) is 23.2 Å². The van der Waals surface area contributed by atoms with E-state index in [-0.39, 0.29) is 22.9 Å². The number of nitrogens with one attached hydrogen (secondary N) is 2. The highest BCUT2D eigenvalue weighted by molar-refractivity contribution is 7.89. The fourth-order valence-electron chi connectivity index (χ4n) is 6.43. The Morgan fingerprint density at radius 1 is 1.03 bits per heavy atom. The van der Waals surface area contributed by atoms with Crippen LogP contribution in [0.3, 0.4) is 0 Å². The van der Waals surface area contributed by atoms with Crippen LogP contribution >= 0.6 is 0 Å². The number of rotatable bonds is 8. The van der Waals surface area contributed by atoms with Gasteiger partial charge in [-0.25, -0.2) is 13.1 Å². The topological polar surface area (TPSA) is 91.9 Å². The van der Waals surface area contributed by atoms with Crippen LogP contribution in [0.15, 0.2) is 29.2 Å². The Kier molecular flexibility index (Phi) is 5.99. The van der Waals surface area contributed by atoms with Gasteiger partial charge in [-0.1, -0.05) is 0 Å². The molecule has 4 saturated carbocycles. The molecular weight excluding hydrogens is 398 g/mol. The molecule has 0 radical (unpaired) electrons. The summed E-state index contributed by atoms with van der Waals surface area (Å²) >= 11 is 0. The number of amides is 1. The monoisotopic (exact) mass is 434 g/mol. The van der Waals surface area contributed by atoms with E-state index in [1.54, 1.807) is 26.0 Å². The van der Waals surface area contributed by atoms with Gasteiger partial charge in [0.2, 0.25) is 10.0 Å². The summed E-state index contributed by atoms with van der Waals surface area (Å²) in [6, 6.07) is 6.04. The van der Waals surface area contributed by atoms with E-state index in [1.165, 1.54) is 50.7 Å². The fourth-order valence-corrected chi connectivity index (χ4v) is 7.68. The Morgan fingerprint density at radius 3 is 2.07 bits per heavy atom. The van der Waals surface area contributed by atoms with Gasteiger partial charge >= 0.3 is 0 Å². The summed E-state index contributed by atoms with van der Waals surface area (Å²) in [6.07, 6.45) is 8.37. The van der Waals surface area contributed by atoms with Gasteiger partial charge in [-0.05, 0) is 101 Å². The molecule has 0 heterocycles. The summed E-state index contributed by atoms with van der Waals surface area (Å²) < 4.78 is 27.0. The van der Waals surface area contributed by atoms with E-state index in [0.717, 1.165) is 24.3 Å². The van der Waals surface area contributed by atoms with Gasteiger partial charge in [-0.15, -0.1) is 0 Å². The highest BCUT2D eigenvalue weighted by Crippen LogP contribution is 2.59. The van der Waals surface area contributed by atoms with Gasteiger partial charge in [0, 0.05) is 17.1 Å². The summed E-state index contributed by atoms with van der Waals surface area (Å²) in [4.78, 5) is 12.9. The largest absolute Gasteiger partial charge is 0.336 e. The van der Waals surface area contributed by atoms with E-state index in [1.807, 2.05) is 6.92 Å². The van der Waals surface area contributed by atoms with Crippen molar-refractivity contribution in [3.63, 3.8) is 0 Å². The molecule has 4 N–H and O–H groups in total. The highest BCUT2D eigenvalue weighted by atomic mass is 32.2. The van der Waals surface area contributed by atoms with Crippen molar-refractivity contribution in [2.75, 3.05) is 11.9 Å². The molecule has 1 amide bonds.